The maximum atomic E-state index is 11.7. The fourth-order valence-corrected chi connectivity index (χ4v) is 1.55. The summed E-state index contributed by atoms with van der Waals surface area (Å²) in [6.07, 6.45) is 2.08. The predicted molar refractivity (Wildman–Crippen MR) is 77.6 cm³/mol. The topological polar surface area (TPSA) is 136 Å². The molecule has 1 unspecified atom stereocenters. The quantitative estimate of drug-likeness (QED) is 0.605. The number of amides is 3. The van der Waals surface area contributed by atoms with Gasteiger partial charge in [-0.1, -0.05) is 13.8 Å². The number of anilines is 1. The average molecular weight is 309 g/mol. The van der Waals surface area contributed by atoms with E-state index in [1.165, 1.54) is 0 Å². The van der Waals surface area contributed by atoms with Crippen LogP contribution in [0.2, 0.25) is 0 Å². The molecule has 0 saturated heterocycles. The van der Waals surface area contributed by atoms with Crippen molar-refractivity contribution in [1.82, 2.24) is 15.3 Å². The molecule has 0 spiro atoms. The van der Waals surface area contributed by atoms with E-state index >= 15 is 0 Å². The van der Waals surface area contributed by atoms with Crippen molar-refractivity contribution in [3.8, 4) is 0 Å². The maximum Gasteiger partial charge on any atom is 0.318 e. The number of primary amides is 1. The summed E-state index contributed by atoms with van der Waals surface area (Å²) in [5.74, 6) is -1.23. The molecule has 1 aromatic heterocycles. The van der Waals surface area contributed by atoms with Crippen molar-refractivity contribution in [3.63, 3.8) is 0 Å². The minimum absolute atomic E-state index is 0.0192. The number of aromatic nitrogens is 2. The third-order valence-corrected chi connectivity index (χ3v) is 2.55. The van der Waals surface area contributed by atoms with Crippen LogP contribution in [0.3, 0.4) is 0 Å². The van der Waals surface area contributed by atoms with E-state index in [1.807, 2.05) is 5.32 Å². The molecule has 1 atom stereocenters. The van der Waals surface area contributed by atoms with Gasteiger partial charge in [-0.25, -0.2) is 14.8 Å². The van der Waals surface area contributed by atoms with Gasteiger partial charge in [-0.05, 0) is 12.0 Å². The van der Waals surface area contributed by atoms with Crippen LogP contribution in [0.1, 0.15) is 20.3 Å². The number of imide groups is 1. The Kier molecular flexibility index (Phi) is 6.74. The molecule has 1 heterocycles. The molecular formula is C13H19N5O4. The Morgan fingerprint density at radius 1 is 1.27 bits per heavy atom. The molecule has 0 radical (unpaired) electrons. The summed E-state index contributed by atoms with van der Waals surface area (Å²) in [5, 5.41) is 4.74. The molecule has 1 rings (SSSR count). The fourth-order valence-electron chi connectivity index (χ4n) is 1.55. The number of hydrogen-bond donors (Lipinski definition) is 3. The molecule has 0 aromatic carbocycles. The summed E-state index contributed by atoms with van der Waals surface area (Å²) in [6, 6.07) is 0.680. The standard InChI is InChI=1S/C13H19N5O4/c1-8(2)10(11(20)18-12(14)21)22-9(19)4-7-17-13-15-5-3-6-16-13/h3,5-6,8,10H,4,7H2,1-2H3,(H,15,16,17)(H3,14,18,20,21). The highest BCUT2D eigenvalue weighted by molar-refractivity contribution is 5.96. The van der Waals surface area contributed by atoms with Gasteiger partial charge in [-0.3, -0.25) is 14.9 Å². The number of urea groups is 1. The van der Waals surface area contributed by atoms with Crippen LogP contribution in [0.25, 0.3) is 0 Å². The van der Waals surface area contributed by atoms with Crippen LogP contribution in [0.5, 0.6) is 0 Å². The Morgan fingerprint density at radius 3 is 2.45 bits per heavy atom. The number of nitrogens with one attached hydrogen (secondary N) is 2. The minimum atomic E-state index is -1.08. The number of nitrogens with zero attached hydrogens (tertiary/aromatic N) is 2. The lowest BCUT2D eigenvalue weighted by Gasteiger charge is -2.19. The first-order valence-corrected chi connectivity index (χ1v) is 6.70. The zero-order valence-electron chi connectivity index (χ0n) is 12.4. The number of rotatable bonds is 7. The van der Waals surface area contributed by atoms with Gasteiger partial charge in [0.25, 0.3) is 5.91 Å². The number of esters is 1. The molecule has 4 N–H and O–H groups in total. The van der Waals surface area contributed by atoms with Crippen LogP contribution >= 0.6 is 0 Å². The van der Waals surface area contributed by atoms with Gasteiger partial charge in [0, 0.05) is 18.9 Å². The molecule has 0 fully saturated rings. The van der Waals surface area contributed by atoms with Crippen LogP contribution in [-0.4, -0.2) is 40.5 Å². The Bertz CT molecular complexity index is 520. The molecule has 9 nitrogen and oxygen atoms in total. The highest BCUT2D eigenvalue weighted by atomic mass is 16.5. The molecular weight excluding hydrogens is 290 g/mol. The summed E-state index contributed by atoms with van der Waals surface area (Å²) in [6.45, 7) is 3.63. The maximum absolute atomic E-state index is 11.7. The summed E-state index contributed by atoms with van der Waals surface area (Å²) >= 11 is 0. The summed E-state index contributed by atoms with van der Waals surface area (Å²) in [4.78, 5) is 42.0. The molecule has 9 heteroatoms. The third kappa shape index (κ3) is 6.16. The van der Waals surface area contributed by atoms with Crippen molar-refractivity contribution in [2.24, 2.45) is 11.7 Å². The Labute approximate surface area is 127 Å². The molecule has 1 aromatic rings. The number of carbonyl (C=O) groups excluding carboxylic acids is 3. The van der Waals surface area contributed by atoms with Crippen molar-refractivity contribution < 1.29 is 19.1 Å². The van der Waals surface area contributed by atoms with E-state index in [4.69, 9.17) is 10.5 Å². The molecule has 0 aliphatic carbocycles. The second-order valence-electron chi connectivity index (χ2n) is 4.76. The van der Waals surface area contributed by atoms with Crippen LogP contribution < -0.4 is 16.4 Å². The van der Waals surface area contributed by atoms with Gasteiger partial charge in [-0.15, -0.1) is 0 Å². The third-order valence-electron chi connectivity index (χ3n) is 2.55. The van der Waals surface area contributed by atoms with Gasteiger partial charge in [0.15, 0.2) is 6.10 Å². The lowest BCUT2D eigenvalue weighted by Crippen LogP contribution is -2.45. The first-order valence-electron chi connectivity index (χ1n) is 6.70. The van der Waals surface area contributed by atoms with E-state index in [-0.39, 0.29) is 18.9 Å². The minimum Gasteiger partial charge on any atom is -0.452 e. The number of ether oxygens (including phenoxy) is 1. The van der Waals surface area contributed by atoms with E-state index in [0.717, 1.165) is 0 Å². The Hall–Kier alpha value is -2.71. The van der Waals surface area contributed by atoms with Crippen molar-refractivity contribution in [2.75, 3.05) is 11.9 Å². The van der Waals surface area contributed by atoms with Gasteiger partial charge < -0.3 is 15.8 Å². The van der Waals surface area contributed by atoms with E-state index in [0.29, 0.717) is 5.95 Å². The fraction of sp³-hybridized carbons (Fsp3) is 0.462. The molecule has 120 valence electrons. The number of hydrogen-bond acceptors (Lipinski definition) is 7. The lowest BCUT2D eigenvalue weighted by atomic mass is 10.1. The Morgan fingerprint density at radius 2 is 1.91 bits per heavy atom. The smallest absolute Gasteiger partial charge is 0.318 e. The normalized spacial score (nSPS) is 11.6. The highest BCUT2D eigenvalue weighted by Crippen LogP contribution is 2.08. The lowest BCUT2D eigenvalue weighted by molar-refractivity contribution is -0.158. The summed E-state index contributed by atoms with van der Waals surface area (Å²) < 4.78 is 5.07. The van der Waals surface area contributed by atoms with E-state index in [9.17, 15) is 14.4 Å². The summed E-state index contributed by atoms with van der Waals surface area (Å²) in [5.41, 5.74) is 4.87. The van der Waals surface area contributed by atoms with E-state index in [2.05, 4.69) is 15.3 Å². The van der Waals surface area contributed by atoms with Crippen molar-refractivity contribution in [3.05, 3.63) is 18.5 Å². The average Bonchev–Trinajstić information content (AvgIpc) is 2.44. The Balaban J connectivity index is 2.43. The molecule has 3 amide bonds. The SMILES string of the molecule is CC(C)C(OC(=O)CCNc1ncccn1)C(=O)NC(N)=O. The number of nitrogens with two attached hydrogens (primary N) is 1. The zero-order chi connectivity index (χ0) is 16.5. The molecule has 0 saturated carbocycles. The molecule has 0 aliphatic heterocycles. The predicted octanol–water partition coefficient (Wildman–Crippen LogP) is 0.0413. The van der Waals surface area contributed by atoms with Gasteiger partial charge in [0.05, 0.1) is 6.42 Å². The van der Waals surface area contributed by atoms with Crippen LogP contribution in [-0.2, 0) is 14.3 Å². The van der Waals surface area contributed by atoms with Gasteiger partial charge in [0.2, 0.25) is 5.95 Å². The van der Waals surface area contributed by atoms with Crippen LogP contribution in [0, 0.1) is 5.92 Å². The second-order valence-corrected chi connectivity index (χ2v) is 4.76. The van der Waals surface area contributed by atoms with Crippen molar-refractivity contribution in [2.45, 2.75) is 26.4 Å². The summed E-state index contributed by atoms with van der Waals surface area (Å²) in [7, 11) is 0. The van der Waals surface area contributed by atoms with Crippen molar-refractivity contribution in [1.29, 1.82) is 0 Å². The first kappa shape index (κ1) is 17.3. The van der Waals surface area contributed by atoms with Gasteiger partial charge >= 0.3 is 12.0 Å². The van der Waals surface area contributed by atoms with Gasteiger partial charge in [0.1, 0.15) is 0 Å². The molecule has 0 bridgehead atoms. The van der Waals surface area contributed by atoms with E-state index in [1.54, 1.807) is 32.3 Å². The second kappa shape index (κ2) is 8.55. The highest BCUT2D eigenvalue weighted by Gasteiger charge is 2.27. The monoisotopic (exact) mass is 309 g/mol. The van der Waals surface area contributed by atoms with Crippen LogP contribution in [0.15, 0.2) is 18.5 Å². The van der Waals surface area contributed by atoms with Crippen LogP contribution in [0.4, 0.5) is 10.7 Å². The number of carbonyl (C=O) groups is 3. The molecule has 22 heavy (non-hydrogen) atoms. The molecule has 0 aliphatic rings. The largest absolute Gasteiger partial charge is 0.452 e. The first-order chi connectivity index (χ1) is 10.4. The van der Waals surface area contributed by atoms with Crippen molar-refractivity contribution >= 4 is 23.9 Å². The van der Waals surface area contributed by atoms with E-state index < -0.39 is 24.0 Å². The zero-order valence-corrected chi connectivity index (χ0v) is 12.4. The van der Waals surface area contributed by atoms with Gasteiger partial charge in [-0.2, -0.15) is 0 Å².